The summed E-state index contributed by atoms with van der Waals surface area (Å²) in [5.41, 5.74) is 4.50. The molecule has 112 valence electrons. The number of benzene rings is 1. The van der Waals surface area contributed by atoms with Crippen LogP contribution in [0.3, 0.4) is 0 Å². The molecule has 0 spiro atoms. The van der Waals surface area contributed by atoms with Gasteiger partial charge >= 0.3 is 0 Å². The molecule has 0 saturated carbocycles. The molecule has 0 unspecified atom stereocenters. The Kier molecular flexibility index (Phi) is 6.48. The average Bonchev–Trinajstić information content (AvgIpc) is 2.34. The SMILES string of the molecule is CC(=CCCNC(C)(C)C)Cc1ccc(C(C)C)cc1. The van der Waals surface area contributed by atoms with Crippen LogP contribution < -0.4 is 5.32 Å². The van der Waals surface area contributed by atoms with Crippen molar-refractivity contribution in [2.75, 3.05) is 6.54 Å². The molecular weight excluding hydrogens is 242 g/mol. The van der Waals surface area contributed by atoms with E-state index in [1.165, 1.54) is 16.7 Å². The zero-order valence-electron chi connectivity index (χ0n) is 14.1. The third-order valence-electron chi connectivity index (χ3n) is 3.42. The zero-order valence-corrected chi connectivity index (χ0v) is 14.1. The van der Waals surface area contributed by atoms with Gasteiger partial charge in [0.25, 0.3) is 0 Å². The molecule has 0 atom stereocenters. The van der Waals surface area contributed by atoms with Crippen LogP contribution in [0.25, 0.3) is 0 Å². The Hall–Kier alpha value is -1.08. The van der Waals surface area contributed by atoms with E-state index in [0.717, 1.165) is 19.4 Å². The highest BCUT2D eigenvalue weighted by molar-refractivity contribution is 5.27. The second kappa shape index (κ2) is 7.64. The first kappa shape index (κ1) is 17.0. The van der Waals surface area contributed by atoms with Crippen molar-refractivity contribution in [2.24, 2.45) is 0 Å². The van der Waals surface area contributed by atoms with E-state index in [0.29, 0.717) is 5.92 Å². The van der Waals surface area contributed by atoms with Crippen LogP contribution >= 0.6 is 0 Å². The lowest BCUT2D eigenvalue weighted by Crippen LogP contribution is -2.36. The second-order valence-corrected chi connectivity index (χ2v) is 7.09. The quantitative estimate of drug-likeness (QED) is 0.563. The van der Waals surface area contributed by atoms with Gasteiger partial charge in [0.1, 0.15) is 0 Å². The maximum absolute atomic E-state index is 3.52. The van der Waals surface area contributed by atoms with E-state index in [-0.39, 0.29) is 5.54 Å². The molecule has 0 bridgehead atoms. The Morgan fingerprint density at radius 3 is 2.25 bits per heavy atom. The number of allylic oxidation sites excluding steroid dienone is 1. The van der Waals surface area contributed by atoms with E-state index in [4.69, 9.17) is 0 Å². The van der Waals surface area contributed by atoms with Gasteiger partial charge in [-0.25, -0.2) is 0 Å². The summed E-state index contributed by atoms with van der Waals surface area (Å²) in [6, 6.07) is 9.04. The summed E-state index contributed by atoms with van der Waals surface area (Å²) in [4.78, 5) is 0. The molecule has 1 aromatic carbocycles. The predicted octanol–water partition coefficient (Wildman–Crippen LogP) is 5.08. The molecule has 0 heterocycles. The van der Waals surface area contributed by atoms with Gasteiger partial charge < -0.3 is 5.32 Å². The average molecular weight is 273 g/mol. The van der Waals surface area contributed by atoms with Crippen LogP contribution in [-0.2, 0) is 6.42 Å². The Balaban J connectivity index is 2.43. The molecule has 20 heavy (non-hydrogen) atoms. The normalized spacial score (nSPS) is 13.1. The van der Waals surface area contributed by atoms with Gasteiger partial charge in [0, 0.05) is 5.54 Å². The third-order valence-corrected chi connectivity index (χ3v) is 3.42. The lowest BCUT2D eigenvalue weighted by molar-refractivity contribution is 0.431. The molecule has 1 heteroatoms. The van der Waals surface area contributed by atoms with Crippen molar-refractivity contribution in [3.63, 3.8) is 0 Å². The van der Waals surface area contributed by atoms with Crippen molar-refractivity contribution in [2.45, 2.75) is 65.8 Å². The first-order valence-electron chi connectivity index (χ1n) is 7.77. The van der Waals surface area contributed by atoms with E-state index in [1.807, 2.05) is 0 Å². The minimum absolute atomic E-state index is 0.217. The van der Waals surface area contributed by atoms with Crippen molar-refractivity contribution in [3.8, 4) is 0 Å². The Morgan fingerprint density at radius 1 is 1.15 bits per heavy atom. The van der Waals surface area contributed by atoms with Gasteiger partial charge in [-0.2, -0.15) is 0 Å². The van der Waals surface area contributed by atoms with Crippen LogP contribution in [0.1, 0.15) is 65.0 Å². The van der Waals surface area contributed by atoms with Crippen LogP contribution in [0.5, 0.6) is 0 Å². The topological polar surface area (TPSA) is 12.0 Å². The van der Waals surface area contributed by atoms with Gasteiger partial charge in [-0.15, -0.1) is 0 Å². The third kappa shape index (κ3) is 6.91. The lowest BCUT2D eigenvalue weighted by Gasteiger charge is -2.19. The van der Waals surface area contributed by atoms with E-state index >= 15 is 0 Å². The summed E-state index contributed by atoms with van der Waals surface area (Å²) in [6.07, 6.45) is 4.52. The first-order valence-corrected chi connectivity index (χ1v) is 7.77. The molecule has 0 aromatic heterocycles. The standard InChI is InChI=1S/C19H31N/c1-15(2)18-11-9-17(10-12-18)14-16(3)8-7-13-20-19(4,5)6/h8-12,15,20H,7,13-14H2,1-6H3. The first-order chi connectivity index (χ1) is 9.28. The Bertz CT molecular complexity index is 418. The van der Waals surface area contributed by atoms with E-state index in [2.05, 4.69) is 77.2 Å². The second-order valence-electron chi connectivity index (χ2n) is 7.09. The van der Waals surface area contributed by atoms with E-state index in [1.54, 1.807) is 0 Å². The summed E-state index contributed by atoms with van der Waals surface area (Å²) in [5.74, 6) is 0.615. The summed E-state index contributed by atoms with van der Waals surface area (Å²) < 4.78 is 0. The number of nitrogens with one attached hydrogen (secondary N) is 1. The lowest BCUT2D eigenvalue weighted by atomic mass is 9.99. The largest absolute Gasteiger partial charge is 0.312 e. The predicted molar refractivity (Wildman–Crippen MR) is 90.4 cm³/mol. The van der Waals surface area contributed by atoms with Crippen LogP contribution in [0.15, 0.2) is 35.9 Å². The van der Waals surface area contributed by atoms with Crippen molar-refractivity contribution in [1.29, 1.82) is 0 Å². The minimum atomic E-state index is 0.217. The molecule has 0 aliphatic heterocycles. The molecule has 0 aliphatic rings. The monoisotopic (exact) mass is 273 g/mol. The maximum atomic E-state index is 3.52. The molecular formula is C19H31N. The summed E-state index contributed by atoms with van der Waals surface area (Å²) in [5, 5.41) is 3.52. The van der Waals surface area contributed by atoms with Crippen LogP contribution in [0.4, 0.5) is 0 Å². The van der Waals surface area contributed by atoms with Crippen molar-refractivity contribution >= 4 is 0 Å². The van der Waals surface area contributed by atoms with Crippen molar-refractivity contribution in [3.05, 3.63) is 47.0 Å². The molecule has 1 aromatic rings. The van der Waals surface area contributed by atoms with Gasteiger partial charge in [0.2, 0.25) is 0 Å². The fourth-order valence-electron chi connectivity index (χ4n) is 2.18. The molecule has 1 N–H and O–H groups in total. The van der Waals surface area contributed by atoms with Crippen LogP contribution in [-0.4, -0.2) is 12.1 Å². The highest BCUT2D eigenvalue weighted by atomic mass is 14.9. The van der Waals surface area contributed by atoms with Crippen LogP contribution in [0.2, 0.25) is 0 Å². The molecule has 0 radical (unpaired) electrons. The molecule has 0 fully saturated rings. The smallest absolute Gasteiger partial charge is 0.00966 e. The fraction of sp³-hybridized carbons (Fsp3) is 0.579. The fourth-order valence-corrected chi connectivity index (χ4v) is 2.18. The number of hydrogen-bond donors (Lipinski definition) is 1. The highest BCUT2D eigenvalue weighted by Gasteiger charge is 2.06. The maximum Gasteiger partial charge on any atom is 0.00966 e. The van der Waals surface area contributed by atoms with Gasteiger partial charge in [-0.3, -0.25) is 0 Å². The van der Waals surface area contributed by atoms with Gasteiger partial charge in [-0.05, 0) is 64.1 Å². The van der Waals surface area contributed by atoms with Crippen molar-refractivity contribution in [1.82, 2.24) is 5.32 Å². The van der Waals surface area contributed by atoms with Gasteiger partial charge in [-0.1, -0.05) is 49.8 Å². The van der Waals surface area contributed by atoms with Gasteiger partial charge in [0.05, 0.1) is 0 Å². The molecule has 0 amide bonds. The minimum Gasteiger partial charge on any atom is -0.312 e. The van der Waals surface area contributed by atoms with E-state index < -0.39 is 0 Å². The molecule has 1 nitrogen and oxygen atoms in total. The molecule has 0 saturated heterocycles. The molecule has 0 aliphatic carbocycles. The summed E-state index contributed by atoms with van der Waals surface area (Å²) >= 11 is 0. The Labute approximate surface area is 125 Å². The zero-order chi connectivity index (χ0) is 15.2. The van der Waals surface area contributed by atoms with Gasteiger partial charge in [0.15, 0.2) is 0 Å². The summed E-state index contributed by atoms with van der Waals surface area (Å²) in [7, 11) is 0. The Morgan fingerprint density at radius 2 is 1.75 bits per heavy atom. The van der Waals surface area contributed by atoms with E-state index in [9.17, 15) is 0 Å². The summed E-state index contributed by atoms with van der Waals surface area (Å²) in [6.45, 7) is 14.4. The number of hydrogen-bond acceptors (Lipinski definition) is 1. The number of rotatable bonds is 6. The molecule has 1 rings (SSSR count). The van der Waals surface area contributed by atoms with Crippen LogP contribution in [0, 0.1) is 0 Å². The highest BCUT2D eigenvalue weighted by Crippen LogP contribution is 2.16. The van der Waals surface area contributed by atoms with Crippen molar-refractivity contribution < 1.29 is 0 Å².